The van der Waals surface area contributed by atoms with Gasteiger partial charge in [-0.25, -0.2) is 4.98 Å². The third-order valence-electron chi connectivity index (χ3n) is 4.69. The van der Waals surface area contributed by atoms with Crippen LogP contribution in [0.25, 0.3) is 11.7 Å². The van der Waals surface area contributed by atoms with Gasteiger partial charge < -0.3 is 11.1 Å². The zero-order valence-corrected chi connectivity index (χ0v) is 16.2. The summed E-state index contributed by atoms with van der Waals surface area (Å²) in [6.45, 7) is 2.24. The van der Waals surface area contributed by atoms with Gasteiger partial charge in [0.25, 0.3) is 5.91 Å². The van der Waals surface area contributed by atoms with Crippen LogP contribution >= 0.6 is 36.6 Å². The van der Waals surface area contributed by atoms with Crippen molar-refractivity contribution < 1.29 is 4.79 Å². The minimum atomic E-state index is -0.372. The van der Waals surface area contributed by atoms with Crippen LogP contribution in [-0.2, 0) is 11.2 Å². The molecule has 1 fully saturated rings. The number of nitrogens with two attached hydrogens (primary N) is 1. The Labute approximate surface area is 163 Å². The summed E-state index contributed by atoms with van der Waals surface area (Å²) in [5.74, 6) is 0.397. The van der Waals surface area contributed by atoms with Crippen molar-refractivity contribution in [1.29, 1.82) is 0 Å². The zero-order valence-electron chi connectivity index (χ0n) is 13.7. The fourth-order valence-corrected chi connectivity index (χ4v) is 4.37. The fourth-order valence-electron chi connectivity index (χ4n) is 3.44. The Hall–Kier alpha value is -1.21. The number of imidazole rings is 1. The molecule has 0 radical (unpaired) electrons. The Morgan fingerprint density at radius 2 is 2.08 bits per heavy atom. The lowest BCUT2D eigenvalue weighted by Crippen LogP contribution is -2.27. The molecule has 4 rings (SSSR count). The average molecular weight is 401 g/mol. The van der Waals surface area contributed by atoms with E-state index in [1.165, 1.54) is 24.6 Å². The maximum atomic E-state index is 11.6. The molecule has 0 unspecified atom stereocenters. The molecule has 136 valence electrons. The van der Waals surface area contributed by atoms with Crippen molar-refractivity contribution in [2.45, 2.75) is 30.7 Å². The molecule has 2 aromatic rings. The van der Waals surface area contributed by atoms with Crippen molar-refractivity contribution in [3.63, 3.8) is 0 Å². The molecular formula is C17H22Cl2N4OS. The van der Waals surface area contributed by atoms with E-state index in [4.69, 9.17) is 10.7 Å². The summed E-state index contributed by atoms with van der Waals surface area (Å²) in [6.07, 6.45) is 6.49. The SMILES string of the molecule is Cl.Cl.NC(=O)C1=Cc2c(CCC3CCNCC3)nc3cccc(n23)S1. The van der Waals surface area contributed by atoms with Gasteiger partial charge in [0.15, 0.2) is 0 Å². The second-order valence-electron chi connectivity index (χ2n) is 6.21. The second-order valence-corrected chi connectivity index (χ2v) is 7.27. The van der Waals surface area contributed by atoms with Gasteiger partial charge in [-0.1, -0.05) is 17.8 Å². The maximum Gasteiger partial charge on any atom is 0.255 e. The highest BCUT2D eigenvalue weighted by Gasteiger charge is 2.22. The molecule has 2 aromatic heterocycles. The van der Waals surface area contributed by atoms with Gasteiger partial charge in [-0.15, -0.1) is 24.8 Å². The van der Waals surface area contributed by atoms with E-state index in [1.54, 1.807) is 0 Å². The predicted molar refractivity (Wildman–Crippen MR) is 107 cm³/mol. The number of halogens is 2. The number of hydrogen-bond acceptors (Lipinski definition) is 4. The first kappa shape index (κ1) is 20.1. The number of thioether (sulfide) groups is 1. The summed E-state index contributed by atoms with van der Waals surface area (Å²) in [6, 6.07) is 6.01. The molecule has 0 aliphatic carbocycles. The van der Waals surface area contributed by atoms with Crippen LogP contribution < -0.4 is 11.1 Å². The molecule has 3 N–H and O–H groups in total. The number of nitrogens with one attached hydrogen (secondary N) is 1. The summed E-state index contributed by atoms with van der Waals surface area (Å²) in [5.41, 5.74) is 8.55. The molecule has 0 saturated carbocycles. The van der Waals surface area contributed by atoms with Crippen LogP contribution in [0.1, 0.15) is 30.7 Å². The molecule has 0 aromatic carbocycles. The first-order valence-electron chi connectivity index (χ1n) is 8.13. The van der Waals surface area contributed by atoms with Gasteiger partial charge in [0.05, 0.1) is 21.3 Å². The summed E-state index contributed by atoms with van der Waals surface area (Å²) < 4.78 is 2.13. The quantitative estimate of drug-likeness (QED) is 0.826. The Morgan fingerprint density at radius 1 is 1.32 bits per heavy atom. The van der Waals surface area contributed by atoms with Crippen LogP contribution in [0, 0.1) is 5.92 Å². The Balaban J connectivity index is 0.00000113. The molecule has 25 heavy (non-hydrogen) atoms. The van der Waals surface area contributed by atoms with Gasteiger partial charge in [-0.2, -0.15) is 0 Å². The topological polar surface area (TPSA) is 72.4 Å². The first-order valence-corrected chi connectivity index (χ1v) is 8.94. The lowest BCUT2D eigenvalue weighted by atomic mass is 9.92. The van der Waals surface area contributed by atoms with Crippen molar-refractivity contribution in [2.75, 3.05) is 13.1 Å². The summed E-state index contributed by atoms with van der Waals surface area (Å²) in [4.78, 5) is 17.0. The van der Waals surface area contributed by atoms with E-state index >= 15 is 0 Å². The number of amides is 1. The second kappa shape index (κ2) is 8.45. The van der Waals surface area contributed by atoms with Crippen molar-refractivity contribution >= 4 is 54.2 Å². The van der Waals surface area contributed by atoms with E-state index in [0.29, 0.717) is 4.91 Å². The predicted octanol–water partition coefficient (Wildman–Crippen LogP) is 3.04. The van der Waals surface area contributed by atoms with Crippen molar-refractivity contribution in [3.8, 4) is 0 Å². The number of primary amides is 1. The molecule has 1 amide bonds. The number of piperidine rings is 1. The van der Waals surface area contributed by atoms with Crippen LogP contribution in [0.4, 0.5) is 0 Å². The van der Waals surface area contributed by atoms with E-state index in [1.807, 2.05) is 24.3 Å². The lowest BCUT2D eigenvalue weighted by molar-refractivity contribution is -0.113. The van der Waals surface area contributed by atoms with Crippen LogP contribution in [0.15, 0.2) is 28.1 Å². The van der Waals surface area contributed by atoms with E-state index in [9.17, 15) is 4.79 Å². The van der Waals surface area contributed by atoms with E-state index < -0.39 is 0 Å². The third kappa shape index (κ3) is 3.97. The monoisotopic (exact) mass is 400 g/mol. The van der Waals surface area contributed by atoms with Crippen LogP contribution in [0.3, 0.4) is 0 Å². The Bertz CT molecular complexity index is 799. The normalized spacial score (nSPS) is 16.7. The van der Waals surface area contributed by atoms with Gasteiger partial charge >= 0.3 is 0 Å². The van der Waals surface area contributed by atoms with Gasteiger partial charge in [-0.05, 0) is 62.9 Å². The summed E-state index contributed by atoms with van der Waals surface area (Å²) in [7, 11) is 0. The average Bonchev–Trinajstić information content (AvgIpc) is 2.93. The number of rotatable bonds is 4. The molecule has 2 aliphatic rings. The maximum absolute atomic E-state index is 11.6. The molecule has 4 heterocycles. The highest BCUT2D eigenvalue weighted by molar-refractivity contribution is 8.04. The highest BCUT2D eigenvalue weighted by Crippen LogP contribution is 2.36. The molecular weight excluding hydrogens is 379 g/mol. The fraction of sp³-hybridized carbons (Fsp3) is 0.412. The Morgan fingerprint density at radius 3 is 2.80 bits per heavy atom. The first-order chi connectivity index (χ1) is 11.2. The van der Waals surface area contributed by atoms with Crippen LogP contribution in [0.2, 0.25) is 0 Å². The molecule has 5 nitrogen and oxygen atoms in total. The van der Waals surface area contributed by atoms with Crippen LogP contribution in [-0.4, -0.2) is 28.4 Å². The minimum absolute atomic E-state index is 0. The number of aryl methyl sites for hydroxylation is 1. The standard InChI is InChI=1S/C17H20N4OS.2ClH/c18-17(22)14-10-13-12(5-4-11-6-8-19-9-7-11)20-15-2-1-3-16(23-14)21(13)15;;/h1-3,10-11,19H,4-9H2,(H2,18,22);2*1H. The zero-order chi connectivity index (χ0) is 15.8. The van der Waals surface area contributed by atoms with Crippen molar-refractivity contribution in [2.24, 2.45) is 11.7 Å². The summed E-state index contributed by atoms with van der Waals surface area (Å²) in [5, 5.41) is 4.42. The van der Waals surface area contributed by atoms with Crippen molar-refractivity contribution in [3.05, 3.63) is 34.5 Å². The molecule has 0 bridgehead atoms. The van der Waals surface area contributed by atoms with Gasteiger partial charge in [0.2, 0.25) is 0 Å². The number of pyridine rings is 1. The molecule has 1 saturated heterocycles. The smallest absolute Gasteiger partial charge is 0.255 e. The van der Waals surface area contributed by atoms with Crippen molar-refractivity contribution in [1.82, 2.24) is 14.7 Å². The molecule has 2 aliphatic heterocycles. The number of carbonyl (C=O) groups excluding carboxylic acids is 1. The van der Waals surface area contributed by atoms with Gasteiger partial charge in [0.1, 0.15) is 5.65 Å². The number of carbonyl (C=O) groups is 1. The minimum Gasteiger partial charge on any atom is -0.365 e. The third-order valence-corrected chi connectivity index (χ3v) is 5.76. The molecule has 0 spiro atoms. The highest BCUT2D eigenvalue weighted by atomic mass is 35.5. The number of aromatic nitrogens is 2. The number of hydrogen-bond donors (Lipinski definition) is 2. The number of nitrogens with zero attached hydrogens (tertiary/aromatic N) is 2. The van der Waals surface area contributed by atoms with E-state index in [2.05, 4.69) is 9.72 Å². The van der Waals surface area contributed by atoms with Crippen LogP contribution in [0.5, 0.6) is 0 Å². The summed E-state index contributed by atoms with van der Waals surface area (Å²) >= 11 is 1.42. The van der Waals surface area contributed by atoms with Gasteiger partial charge in [-0.3, -0.25) is 9.20 Å². The largest absolute Gasteiger partial charge is 0.365 e. The van der Waals surface area contributed by atoms with E-state index in [-0.39, 0.29) is 30.7 Å². The molecule has 8 heteroatoms. The van der Waals surface area contributed by atoms with Gasteiger partial charge in [0, 0.05) is 0 Å². The lowest BCUT2D eigenvalue weighted by Gasteiger charge is -2.22. The Kier molecular flexibility index (Phi) is 6.79. The van der Waals surface area contributed by atoms with E-state index in [0.717, 1.165) is 53.9 Å². The molecule has 0 atom stereocenters.